The Balaban J connectivity index is 1.37. The van der Waals surface area contributed by atoms with Gasteiger partial charge in [0, 0.05) is 16.1 Å². The van der Waals surface area contributed by atoms with Gasteiger partial charge in [-0.25, -0.2) is 0 Å². The third-order valence-corrected chi connectivity index (χ3v) is 5.17. The van der Waals surface area contributed by atoms with Gasteiger partial charge >= 0.3 is 0 Å². The molecule has 1 aromatic heterocycles. The minimum atomic E-state index is 1.01. The molecule has 0 radical (unpaired) electrons. The van der Waals surface area contributed by atoms with E-state index in [2.05, 4.69) is 40.5 Å². The molecule has 1 aliphatic heterocycles. The number of rotatable bonds is 6. The van der Waals surface area contributed by atoms with Crippen LogP contribution < -0.4 is 5.32 Å². The molecular formula is C17H24N2S. The number of hydrogen-bond acceptors (Lipinski definition) is 3. The van der Waals surface area contributed by atoms with Crippen LogP contribution in [0.15, 0.2) is 30.3 Å². The van der Waals surface area contributed by atoms with E-state index in [0.717, 1.165) is 13.1 Å². The Labute approximate surface area is 125 Å². The van der Waals surface area contributed by atoms with Crippen LogP contribution in [0.3, 0.4) is 0 Å². The van der Waals surface area contributed by atoms with Gasteiger partial charge in [0.25, 0.3) is 0 Å². The monoisotopic (exact) mass is 288 g/mol. The van der Waals surface area contributed by atoms with Crippen LogP contribution in [0.2, 0.25) is 0 Å². The summed E-state index contributed by atoms with van der Waals surface area (Å²) in [6.07, 6.45) is 5.50. The van der Waals surface area contributed by atoms with Crippen molar-refractivity contribution >= 4 is 21.4 Å². The molecule has 1 aliphatic rings. The first-order valence-electron chi connectivity index (χ1n) is 7.82. The molecule has 1 saturated heterocycles. The molecule has 1 aromatic carbocycles. The average Bonchev–Trinajstić information content (AvgIpc) is 2.90. The zero-order valence-electron chi connectivity index (χ0n) is 12.1. The predicted octanol–water partition coefficient (Wildman–Crippen LogP) is 3.87. The van der Waals surface area contributed by atoms with Gasteiger partial charge in [0.05, 0.1) is 0 Å². The van der Waals surface area contributed by atoms with Gasteiger partial charge in [0.15, 0.2) is 0 Å². The van der Waals surface area contributed by atoms with Crippen molar-refractivity contribution in [1.29, 1.82) is 0 Å². The molecule has 0 atom stereocenters. The van der Waals surface area contributed by atoms with E-state index in [1.165, 1.54) is 60.3 Å². The first-order valence-corrected chi connectivity index (χ1v) is 8.64. The lowest BCUT2D eigenvalue weighted by Gasteiger charge is -2.26. The highest BCUT2D eigenvalue weighted by Crippen LogP contribution is 2.24. The molecular weight excluding hydrogens is 264 g/mol. The lowest BCUT2D eigenvalue weighted by Crippen LogP contribution is -2.32. The Morgan fingerprint density at radius 3 is 2.80 bits per heavy atom. The lowest BCUT2D eigenvalue weighted by atomic mass is 10.1. The van der Waals surface area contributed by atoms with E-state index in [1.807, 2.05) is 11.3 Å². The fraction of sp³-hybridized carbons (Fsp3) is 0.529. The molecule has 0 aliphatic carbocycles. The highest BCUT2D eigenvalue weighted by Gasteiger charge is 2.08. The molecule has 3 heteroatoms. The van der Waals surface area contributed by atoms with E-state index in [1.54, 1.807) is 0 Å². The van der Waals surface area contributed by atoms with Crippen molar-refractivity contribution < 1.29 is 0 Å². The number of benzene rings is 1. The number of nitrogens with zero attached hydrogens (tertiary/aromatic N) is 1. The lowest BCUT2D eigenvalue weighted by molar-refractivity contribution is 0.226. The maximum Gasteiger partial charge on any atom is 0.0346 e. The summed E-state index contributed by atoms with van der Waals surface area (Å²) in [7, 11) is 0. The zero-order valence-corrected chi connectivity index (χ0v) is 12.9. The topological polar surface area (TPSA) is 15.3 Å². The second kappa shape index (κ2) is 7.21. The highest BCUT2D eigenvalue weighted by atomic mass is 32.1. The normalized spacial score (nSPS) is 16.8. The van der Waals surface area contributed by atoms with Crippen LogP contribution in [0.25, 0.3) is 10.1 Å². The van der Waals surface area contributed by atoms with E-state index < -0.39 is 0 Å². The van der Waals surface area contributed by atoms with Crippen LogP contribution in [0.1, 0.15) is 30.6 Å². The van der Waals surface area contributed by atoms with E-state index in [-0.39, 0.29) is 0 Å². The molecule has 0 bridgehead atoms. The van der Waals surface area contributed by atoms with Crippen LogP contribution in [-0.2, 0) is 6.54 Å². The SMILES string of the molecule is c1ccc2sc(CNCCCN3CCCCC3)cc2c1. The molecule has 2 aromatic rings. The minimum Gasteiger partial charge on any atom is -0.312 e. The summed E-state index contributed by atoms with van der Waals surface area (Å²) in [6, 6.07) is 11.0. The predicted molar refractivity (Wildman–Crippen MR) is 88.4 cm³/mol. The molecule has 0 amide bonds. The maximum absolute atomic E-state index is 3.59. The molecule has 0 unspecified atom stereocenters. The fourth-order valence-corrected chi connectivity index (χ4v) is 3.98. The summed E-state index contributed by atoms with van der Waals surface area (Å²) < 4.78 is 1.40. The number of piperidine rings is 1. The first-order chi connectivity index (χ1) is 9.92. The molecule has 20 heavy (non-hydrogen) atoms. The summed E-state index contributed by atoms with van der Waals surface area (Å²) in [6.45, 7) is 6.04. The summed E-state index contributed by atoms with van der Waals surface area (Å²) >= 11 is 1.91. The molecule has 0 spiro atoms. The van der Waals surface area contributed by atoms with Gasteiger partial charge in [-0.05, 0) is 63.0 Å². The van der Waals surface area contributed by atoms with Crippen molar-refractivity contribution in [2.24, 2.45) is 0 Å². The summed E-state index contributed by atoms with van der Waals surface area (Å²) in [5.41, 5.74) is 0. The van der Waals surface area contributed by atoms with Crippen LogP contribution in [-0.4, -0.2) is 31.1 Å². The van der Waals surface area contributed by atoms with Crippen molar-refractivity contribution in [2.75, 3.05) is 26.2 Å². The van der Waals surface area contributed by atoms with Crippen LogP contribution >= 0.6 is 11.3 Å². The zero-order chi connectivity index (χ0) is 13.6. The van der Waals surface area contributed by atoms with E-state index in [9.17, 15) is 0 Å². The van der Waals surface area contributed by atoms with Gasteiger partial charge in [0.1, 0.15) is 0 Å². The van der Waals surface area contributed by atoms with Gasteiger partial charge < -0.3 is 10.2 Å². The van der Waals surface area contributed by atoms with Crippen molar-refractivity contribution in [2.45, 2.75) is 32.2 Å². The van der Waals surface area contributed by atoms with Crippen LogP contribution in [0, 0.1) is 0 Å². The third-order valence-electron chi connectivity index (χ3n) is 4.05. The Morgan fingerprint density at radius 1 is 1.10 bits per heavy atom. The van der Waals surface area contributed by atoms with Gasteiger partial charge in [-0.15, -0.1) is 11.3 Å². The van der Waals surface area contributed by atoms with Gasteiger partial charge in [-0.2, -0.15) is 0 Å². The quantitative estimate of drug-likeness (QED) is 0.812. The van der Waals surface area contributed by atoms with Gasteiger partial charge in [0.2, 0.25) is 0 Å². The molecule has 0 saturated carbocycles. The summed E-state index contributed by atoms with van der Waals surface area (Å²) in [4.78, 5) is 4.06. The molecule has 2 heterocycles. The molecule has 1 fully saturated rings. The fourth-order valence-electron chi connectivity index (χ4n) is 2.95. The number of thiophene rings is 1. The van der Waals surface area contributed by atoms with Crippen molar-refractivity contribution in [3.63, 3.8) is 0 Å². The summed E-state index contributed by atoms with van der Waals surface area (Å²) in [5.74, 6) is 0. The van der Waals surface area contributed by atoms with Crippen molar-refractivity contribution in [3.8, 4) is 0 Å². The first kappa shape index (κ1) is 14.1. The Morgan fingerprint density at radius 2 is 1.95 bits per heavy atom. The number of hydrogen-bond donors (Lipinski definition) is 1. The third kappa shape index (κ3) is 3.81. The minimum absolute atomic E-state index is 1.01. The smallest absolute Gasteiger partial charge is 0.0346 e. The van der Waals surface area contributed by atoms with E-state index in [0.29, 0.717) is 0 Å². The number of fused-ring (bicyclic) bond motifs is 1. The van der Waals surface area contributed by atoms with E-state index >= 15 is 0 Å². The molecule has 3 rings (SSSR count). The molecule has 108 valence electrons. The van der Waals surface area contributed by atoms with Crippen LogP contribution in [0.4, 0.5) is 0 Å². The van der Waals surface area contributed by atoms with Crippen molar-refractivity contribution in [3.05, 3.63) is 35.2 Å². The van der Waals surface area contributed by atoms with Gasteiger partial charge in [-0.3, -0.25) is 0 Å². The maximum atomic E-state index is 3.59. The standard InChI is InChI=1S/C17H24N2S/c1-4-10-19(11-5-1)12-6-9-18-14-16-13-15-7-2-3-8-17(15)20-16/h2-3,7-8,13,18H,1,4-6,9-12,14H2. The van der Waals surface area contributed by atoms with Crippen molar-refractivity contribution in [1.82, 2.24) is 10.2 Å². The van der Waals surface area contributed by atoms with Crippen LogP contribution in [0.5, 0.6) is 0 Å². The molecule has 2 nitrogen and oxygen atoms in total. The second-order valence-electron chi connectivity index (χ2n) is 5.68. The number of likely N-dealkylation sites (tertiary alicyclic amines) is 1. The Hall–Kier alpha value is -0.900. The summed E-state index contributed by atoms with van der Waals surface area (Å²) in [5, 5.41) is 4.96. The largest absolute Gasteiger partial charge is 0.312 e. The highest BCUT2D eigenvalue weighted by molar-refractivity contribution is 7.19. The average molecular weight is 288 g/mol. The van der Waals surface area contributed by atoms with Gasteiger partial charge in [-0.1, -0.05) is 24.6 Å². The Kier molecular flexibility index (Phi) is 5.06. The van der Waals surface area contributed by atoms with E-state index in [4.69, 9.17) is 0 Å². The molecule has 1 N–H and O–H groups in total. The number of nitrogens with one attached hydrogen (secondary N) is 1. The Bertz CT molecular complexity index is 496. The second-order valence-corrected chi connectivity index (χ2v) is 6.85.